The first kappa shape index (κ1) is 15.3. The molecule has 0 atom stereocenters. The zero-order chi connectivity index (χ0) is 15.1. The molecule has 0 radical (unpaired) electrons. The topological polar surface area (TPSA) is 90.9 Å². The number of carbonyl (C=O) groups excluding carboxylic acids is 2. The summed E-state index contributed by atoms with van der Waals surface area (Å²) in [5.74, 6) is -1.29. The molecule has 0 unspecified atom stereocenters. The Bertz CT molecular complexity index is 483. The van der Waals surface area contributed by atoms with Crippen molar-refractivity contribution >= 4 is 17.5 Å². The van der Waals surface area contributed by atoms with Gasteiger partial charge in [0.25, 0.3) is 0 Å². The molecule has 1 aliphatic rings. The number of morpholine rings is 1. The lowest BCUT2D eigenvalue weighted by Crippen LogP contribution is -2.43. The van der Waals surface area contributed by atoms with Gasteiger partial charge in [0.15, 0.2) is 0 Å². The molecule has 7 heteroatoms. The maximum Gasteiger partial charge on any atom is 0.313 e. The number of hydrogen-bond acceptors (Lipinski definition) is 5. The fraction of sp³-hybridized carbons (Fsp3) is 0.429. The van der Waals surface area contributed by atoms with Gasteiger partial charge in [0.05, 0.1) is 13.2 Å². The standard InChI is InChI=1S/C14H19N3O4/c18-12-3-1-11(2-4-12)16-14(20)13(19)15-5-6-17-7-9-21-10-8-17/h1-4,18H,5-10H2,(H,15,19)(H,16,20). The van der Waals surface area contributed by atoms with Crippen molar-refractivity contribution in [3.63, 3.8) is 0 Å². The number of aromatic hydroxyl groups is 1. The third-order valence-electron chi connectivity index (χ3n) is 3.15. The number of ether oxygens (including phenoxy) is 1. The Kier molecular flexibility index (Phi) is 5.53. The van der Waals surface area contributed by atoms with E-state index in [1.165, 1.54) is 24.3 Å². The molecule has 1 saturated heterocycles. The van der Waals surface area contributed by atoms with Gasteiger partial charge in [-0.25, -0.2) is 0 Å². The molecule has 2 amide bonds. The van der Waals surface area contributed by atoms with Gasteiger partial charge in [-0.15, -0.1) is 0 Å². The van der Waals surface area contributed by atoms with E-state index in [-0.39, 0.29) is 5.75 Å². The third-order valence-corrected chi connectivity index (χ3v) is 3.15. The highest BCUT2D eigenvalue weighted by molar-refractivity contribution is 6.39. The minimum Gasteiger partial charge on any atom is -0.508 e. The van der Waals surface area contributed by atoms with E-state index >= 15 is 0 Å². The first-order valence-electron chi connectivity index (χ1n) is 6.83. The molecular weight excluding hydrogens is 274 g/mol. The van der Waals surface area contributed by atoms with Crippen LogP contribution in [0.15, 0.2) is 24.3 Å². The second-order valence-corrected chi connectivity index (χ2v) is 4.71. The maximum atomic E-state index is 11.7. The van der Waals surface area contributed by atoms with Crippen molar-refractivity contribution in [3.05, 3.63) is 24.3 Å². The summed E-state index contributed by atoms with van der Waals surface area (Å²) in [6.07, 6.45) is 0. The molecule has 1 aliphatic heterocycles. The minimum absolute atomic E-state index is 0.1000. The molecule has 1 fully saturated rings. The summed E-state index contributed by atoms with van der Waals surface area (Å²) < 4.78 is 5.23. The number of phenolic OH excluding ortho intramolecular Hbond substituents is 1. The fourth-order valence-electron chi connectivity index (χ4n) is 1.97. The van der Waals surface area contributed by atoms with Crippen LogP contribution in [0.5, 0.6) is 5.75 Å². The van der Waals surface area contributed by atoms with Crippen molar-refractivity contribution in [2.75, 3.05) is 44.7 Å². The van der Waals surface area contributed by atoms with Crippen LogP contribution in [0.3, 0.4) is 0 Å². The van der Waals surface area contributed by atoms with Gasteiger partial charge in [-0.2, -0.15) is 0 Å². The fourth-order valence-corrected chi connectivity index (χ4v) is 1.97. The Morgan fingerprint density at radius 3 is 2.48 bits per heavy atom. The van der Waals surface area contributed by atoms with Gasteiger partial charge in [-0.3, -0.25) is 14.5 Å². The van der Waals surface area contributed by atoms with Crippen molar-refractivity contribution < 1.29 is 19.4 Å². The molecule has 0 saturated carbocycles. The van der Waals surface area contributed by atoms with Crippen LogP contribution in [-0.4, -0.2) is 61.2 Å². The molecule has 2 rings (SSSR count). The molecule has 0 bridgehead atoms. The third kappa shape index (κ3) is 5.05. The van der Waals surface area contributed by atoms with Gasteiger partial charge in [-0.05, 0) is 24.3 Å². The zero-order valence-corrected chi connectivity index (χ0v) is 11.7. The number of nitrogens with one attached hydrogen (secondary N) is 2. The number of carbonyl (C=O) groups is 2. The summed E-state index contributed by atoms with van der Waals surface area (Å²) in [5, 5.41) is 14.2. The van der Waals surface area contributed by atoms with E-state index in [1.807, 2.05) is 0 Å². The number of hydrogen-bond donors (Lipinski definition) is 3. The van der Waals surface area contributed by atoms with Crippen LogP contribution in [0.25, 0.3) is 0 Å². The van der Waals surface area contributed by atoms with E-state index in [1.54, 1.807) is 0 Å². The van der Waals surface area contributed by atoms with Gasteiger partial charge in [0, 0.05) is 31.9 Å². The summed E-state index contributed by atoms with van der Waals surface area (Å²) in [6.45, 7) is 4.21. The van der Waals surface area contributed by atoms with Crippen LogP contribution in [0.4, 0.5) is 5.69 Å². The molecule has 0 aliphatic carbocycles. The summed E-state index contributed by atoms with van der Waals surface area (Å²) in [5.41, 5.74) is 0.459. The summed E-state index contributed by atoms with van der Waals surface area (Å²) >= 11 is 0. The lowest BCUT2D eigenvalue weighted by Gasteiger charge is -2.26. The zero-order valence-electron chi connectivity index (χ0n) is 11.7. The number of anilines is 1. The molecule has 1 aromatic rings. The van der Waals surface area contributed by atoms with E-state index in [0.717, 1.165) is 13.1 Å². The first-order chi connectivity index (χ1) is 10.1. The predicted molar refractivity (Wildman–Crippen MR) is 77.0 cm³/mol. The number of rotatable bonds is 4. The lowest BCUT2D eigenvalue weighted by atomic mass is 10.3. The normalized spacial score (nSPS) is 15.4. The Labute approximate surface area is 122 Å². The molecule has 0 aromatic heterocycles. The number of amides is 2. The second kappa shape index (κ2) is 7.61. The highest BCUT2D eigenvalue weighted by atomic mass is 16.5. The van der Waals surface area contributed by atoms with Crippen molar-refractivity contribution in [1.82, 2.24) is 10.2 Å². The van der Waals surface area contributed by atoms with Crippen LogP contribution >= 0.6 is 0 Å². The maximum absolute atomic E-state index is 11.7. The Balaban J connectivity index is 1.69. The second-order valence-electron chi connectivity index (χ2n) is 4.71. The van der Waals surface area contributed by atoms with E-state index in [0.29, 0.717) is 32.0 Å². The summed E-state index contributed by atoms with van der Waals surface area (Å²) in [4.78, 5) is 25.5. The van der Waals surface area contributed by atoms with Gasteiger partial charge in [-0.1, -0.05) is 0 Å². The first-order valence-corrected chi connectivity index (χ1v) is 6.83. The van der Waals surface area contributed by atoms with E-state index in [2.05, 4.69) is 15.5 Å². The van der Waals surface area contributed by atoms with E-state index < -0.39 is 11.8 Å². The highest BCUT2D eigenvalue weighted by Gasteiger charge is 2.14. The van der Waals surface area contributed by atoms with E-state index in [9.17, 15) is 9.59 Å². The van der Waals surface area contributed by atoms with Crippen molar-refractivity contribution in [1.29, 1.82) is 0 Å². The number of nitrogens with zero attached hydrogens (tertiary/aromatic N) is 1. The highest BCUT2D eigenvalue weighted by Crippen LogP contribution is 2.13. The smallest absolute Gasteiger partial charge is 0.313 e. The number of phenols is 1. The van der Waals surface area contributed by atoms with E-state index in [4.69, 9.17) is 9.84 Å². The molecular formula is C14H19N3O4. The minimum atomic E-state index is -0.720. The van der Waals surface area contributed by atoms with Gasteiger partial charge in [0.1, 0.15) is 5.75 Å². The van der Waals surface area contributed by atoms with Gasteiger partial charge >= 0.3 is 11.8 Å². The molecule has 7 nitrogen and oxygen atoms in total. The largest absolute Gasteiger partial charge is 0.508 e. The van der Waals surface area contributed by atoms with Crippen LogP contribution in [-0.2, 0) is 14.3 Å². The Morgan fingerprint density at radius 2 is 1.81 bits per heavy atom. The van der Waals surface area contributed by atoms with Gasteiger partial charge < -0.3 is 20.5 Å². The van der Waals surface area contributed by atoms with Crippen LogP contribution < -0.4 is 10.6 Å². The quantitative estimate of drug-likeness (QED) is 0.527. The van der Waals surface area contributed by atoms with Crippen LogP contribution in [0, 0.1) is 0 Å². The lowest BCUT2D eigenvalue weighted by molar-refractivity contribution is -0.136. The van der Waals surface area contributed by atoms with Crippen LogP contribution in [0.1, 0.15) is 0 Å². The SMILES string of the molecule is O=C(NCCN1CCOCC1)C(=O)Nc1ccc(O)cc1. The molecule has 3 N–H and O–H groups in total. The average molecular weight is 293 g/mol. The van der Waals surface area contributed by atoms with Gasteiger partial charge in [0.2, 0.25) is 0 Å². The van der Waals surface area contributed by atoms with Crippen molar-refractivity contribution in [2.45, 2.75) is 0 Å². The summed E-state index contributed by atoms with van der Waals surface area (Å²) in [7, 11) is 0. The summed E-state index contributed by atoms with van der Waals surface area (Å²) in [6, 6.07) is 5.92. The molecule has 21 heavy (non-hydrogen) atoms. The van der Waals surface area contributed by atoms with Crippen molar-refractivity contribution in [2.24, 2.45) is 0 Å². The molecule has 1 aromatic carbocycles. The van der Waals surface area contributed by atoms with Crippen molar-refractivity contribution in [3.8, 4) is 5.75 Å². The predicted octanol–water partition coefficient (Wildman–Crippen LogP) is -0.221. The molecule has 1 heterocycles. The van der Waals surface area contributed by atoms with Crippen LogP contribution in [0.2, 0.25) is 0 Å². The monoisotopic (exact) mass is 293 g/mol. The average Bonchev–Trinajstić information content (AvgIpc) is 2.50. The Morgan fingerprint density at radius 1 is 1.14 bits per heavy atom. The molecule has 0 spiro atoms. The number of benzene rings is 1. The molecule has 114 valence electrons. The Hall–Kier alpha value is -2.12.